The molecular formula is C10H10Cl2F3NO2. The molecule has 2 atom stereocenters. The first-order chi connectivity index (χ1) is 8.25. The van der Waals surface area contributed by atoms with Crippen LogP contribution < -0.4 is 0 Å². The summed E-state index contributed by atoms with van der Waals surface area (Å²) in [6.07, 6.45) is -7.38. The molecule has 0 spiro atoms. The molecule has 0 aliphatic carbocycles. The number of aliphatic hydroxyl groups excluding tert-OH is 2. The maximum Gasteiger partial charge on any atom is 0.433 e. The van der Waals surface area contributed by atoms with Crippen LogP contribution in [0.4, 0.5) is 13.2 Å². The van der Waals surface area contributed by atoms with Gasteiger partial charge in [-0.2, -0.15) is 13.2 Å². The van der Waals surface area contributed by atoms with Crippen LogP contribution in [0.15, 0.2) is 12.1 Å². The second-order valence-electron chi connectivity index (χ2n) is 3.60. The molecule has 8 heteroatoms. The van der Waals surface area contributed by atoms with E-state index < -0.39 is 29.2 Å². The van der Waals surface area contributed by atoms with Crippen molar-refractivity contribution >= 4 is 23.2 Å². The minimum atomic E-state index is -4.67. The van der Waals surface area contributed by atoms with Gasteiger partial charge in [-0.3, -0.25) is 0 Å². The Labute approximate surface area is 111 Å². The van der Waals surface area contributed by atoms with Crippen molar-refractivity contribution in [3.63, 3.8) is 0 Å². The molecule has 0 saturated carbocycles. The Kier molecular flexibility index (Phi) is 5.21. The molecule has 2 N–H and O–H groups in total. The molecule has 1 aromatic heterocycles. The summed E-state index contributed by atoms with van der Waals surface area (Å²) in [7, 11) is 0. The first-order valence-corrected chi connectivity index (χ1v) is 5.83. The van der Waals surface area contributed by atoms with Gasteiger partial charge in [-0.25, -0.2) is 4.98 Å². The van der Waals surface area contributed by atoms with E-state index in [2.05, 4.69) is 4.98 Å². The van der Waals surface area contributed by atoms with Gasteiger partial charge in [0.15, 0.2) is 0 Å². The maximum absolute atomic E-state index is 12.5. The van der Waals surface area contributed by atoms with Crippen LogP contribution in [0.2, 0.25) is 5.15 Å². The quantitative estimate of drug-likeness (QED) is 0.664. The van der Waals surface area contributed by atoms with Crippen LogP contribution in [-0.4, -0.2) is 27.2 Å². The first-order valence-electron chi connectivity index (χ1n) is 4.92. The largest absolute Gasteiger partial charge is 0.433 e. The first kappa shape index (κ1) is 15.5. The SMILES string of the molecule is OC(CCCl)C(O)c1cc(Cl)nc(C(F)(F)F)c1. The van der Waals surface area contributed by atoms with Gasteiger partial charge in [0.05, 0.1) is 6.10 Å². The van der Waals surface area contributed by atoms with Gasteiger partial charge in [0.2, 0.25) is 0 Å². The summed E-state index contributed by atoms with van der Waals surface area (Å²) >= 11 is 10.8. The number of hydrogen-bond donors (Lipinski definition) is 2. The van der Waals surface area contributed by atoms with Gasteiger partial charge in [-0.05, 0) is 24.1 Å². The molecule has 1 aromatic rings. The maximum atomic E-state index is 12.5. The lowest BCUT2D eigenvalue weighted by molar-refractivity contribution is -0.141. The van der Waals surface area contributed by atoms with Gasteiger partial charge in [-0.15, -0.1) is 11.6 Å². The van der Waals surface area contributed by atoms with E-state index in [1.807, 2.05) is 0 Å². The molecule has 1 heterocycles. The van der Waals surface area contributed by atoms with E-state index in [1.54, 1.807) is 0 Å². The molecule has 18 heavy (non-hydrogen) atoms. The molecule has 0 bridgehead atoms. The summed E-state index contributed by atoms with van der Waals surface area (Å²) < 4.78 is 37.4. The van der Waals surface area contributed by atoms with Gasteiger partial charge in [0.25, 0.3) is 0 Å². The van der Waals surface area contributed by atoms with Crippen LogP contribution >= 0.6 is 23.2 Å². The topological polar surface area (TPSA) is 53.4 Å². The molecule has 0 amide bonds. The lowest BCUT2D eigenvalue weighted by atomic mass is 10.0. The van der Waals surface area contributed by atoms with E-state index in [0.717, 1.165) is 6.07 Å². The van der Waals surface area contributed by atoms with E-state index in [-0.39, 0.29) is 17.9 Å². The number of aromatic nitrogens is 1. The number of halogens is 5. The third-order valence-electron chi connectivity index (χ3n) is 2.22. The molecule has 102 valence electrons. The van der Waals surface area contributed by atoms with Crippen molar-refractivity contribution in [1.82, 2.24) is 4.98 Å². The summed E-state index contributed by atoms with van der Waals surface area (Å²) in [4.78, 5) is 3.11. The zero-order valence-corrected chi connectivity index (χ0v) is 10.5. The van der Waals surface area contributed by atoms with E-state index in [1.165, 1.54) is 0 Å². The Bertz CT molecular complexity index is 415. The minimum absolute atomic E-state index is 0.0457. The molecule has 0 aliphatic rings. The predicted molar refractivity (Wildman–Crippen MR) is 60.6 cm³/mol. The zero-order chi connectivity index (χ0) is 13.9. The Morgan fingerprint density at radius 2 is 1.89 bits per heavy atom. The second kappa shape index (κ2) is 6.06. The number of aliphatic hydroxyl groups is 2. The molecule has 2 unspecified atom stereocenters. The summed E-state index contributed by atoms with van der Waals surface area (Å²) in [5, 5.41) is 18.7. The fraction of sp³-hybridized carbons (Fsp3) is 0.500. The molecule has 0 fully saturated rings. The number of pyridine rings is 1. The van der Waals surface area contributed by atoms with Crippen molar-refractivity contribution in [3.8, 4) is 0 Å². The number of alkyl halides is 4. The summed E-state index contributed by atoms with van der Waals surface area (Å²) in [5.74, 6) is 0.0726. The lowest BCUT2D eigenvalue weighted by Gasteiger charge is -2.18. The lowest BCUT2D eigenvalue weighted by Crippen LogP contribution is -2.20. The highest BCUT2D eigenvalue weighted by atomic mass is 35.5. The third-order valence-corrected chi connectivity index (χ3v) is 2.63. The fourth-order valence-electron chi connectivity index (χ4n) is 1.32. The number of hydrogen-bond acceptors (Lipinski definition) is 3. The highest BCUT2D eigenvalue weighted by Crippen LogP contribution is 2.31. The number of nitrogens with zero attached hydrogens (tertiary/aromatic N) is 1. The molecule has 0 radical (unpaired) electrons. The monoisotopic (exact) mass is 303 g/mol. The van der Waals surface area contributed by atoms with Crippen molar-refractivity contribution in [2.45, 2.75) is 24.8 Å². The average molecular weight is 304 g/mol. The predicted octanol–water partition coefficient (Wildman–Crippen LogP) is 2.78. The Balaban J connectivity index is 3.06. The summed E-state index contributed by atoms with van der Waals surface area (Å²) in [5.41, 5.74) is -1.37. The van der Waals surface area contributed by atoms with E-state index in [0.29, 0.717) is 6.07 Å². The smallest absolute Gasteiger partial charge is 0.390 e. The second-order valence-corrected chi connectivity index (χ2v) is 4.36. The molecule has 0 saturated heterocycles. The fourth-order valence-corrected chi connectivity index (χ4v) is 1.77. The summed E-state index contributed by atoms with van der Waals surface area (Å²) in [6.45, 7) is 0. The van der Waals surface area contributed by atoms with Crippen LogP contribution in [0, 0.1) is 0 Å². The van der Waals surface area contributed by atoms with Crippen LogP contribution in [0.3, 0.4) is 0 Å². The normalized spacial score (nSPS) is 15.5. The molecule has 0 aliphatic heterocycles. The van der Waals surface area contributed by atoms with Crippen LogP contribution in [0.5, 0.6) is 0 Å². The van der Waals surface area contributed by atoms with E-state index >= 15 is 0 Å². The van der Waals surface area contributed by atoms with Gasteiger partial charge >= 0.3 is 6.18 Å². The van der Waals surface area contributed by atoms with Gasteiger partial charge in [0, 0.05) is 5.88 Å². The van der Waals surface area contributed by atoms with E-state index in [4.69, 9.17) is 23.2 Å². The van der Waals surface area contributed by atoms with Crippen molar-refractivity contribution in [2.75, 3.05) is 5.88 Å². The van der Waals surface area contributed by atoms with Crippen molar-refractivity contribution in [2.24, 2.45) is 0 Å². The average Bonchev–Trinajstić information content (AvgIpc) is 2.26. The Morgan fingerprint density at radius 1 is 1.28 bits per heavy atom. The standard InChI is InChI=1S/C10H10Cl2F3NO2/c11-2-1-6(17)9(18)5-3-7(10(13,14)15)16-8(12)4-5/h3-4,6,9,17-18H,1-2H2. The van der Waals surface area contributed by atoms with Gasteiger partial charge in [-0.1, -0.05) is 11.6 Å². The van der Waals surface area contributed by atoms with E-state index in [9.17, 15) is 23.4 Å². The van der Waals surface area contributed by atoms with Crippen LogP contribution in [0.1, 0.15) is 23.8 Å². The van der Waals surface area contributed by atoms with Crippen LogP contribution in [0.25, 0.3) is 0 Å². The highest BCUT2D eigenvalue weighted by molar-refractivity contribution is 6.29. The molecule has 0 aromatic carbocycles. The van der Waals surface area contributed by atoms with Crippen LogP contribution in [-0.2, 0) is 6.18 Å². The molecular weight excluding hydrogens is 294 g/mol. The Morgan fingerprint density at radius 3 is 2.39 bits per heavy atom. The minimum Gasteiger partial charge on any atom is -0.390 e. The third kappa shape index (κ3) is 3.98. The Hall–Kier alpha value is -0.560. The van der Waals surface area contributed by atoms with Crippen molar-refractivity contribution in [1.29, 1.82) is 0 Å². The summed E-state index contributed by atoms with van der Waals surface area (Å²) in [6, 6.07) is 1.72. The highest BCUT2D eigenvalue weighted by Gasteiger charge is 2.34. The molecule has 3 nitrogen and oxygen atoms in total. The van der Waals surface area contributed by atoms with Gasteiger partial charge < -0.3 is 10.2 Å². The van der Waals surface area contributed by atoms with Crippen molar-refractivity contribution in [3.05, 3.63) is 28.5 Å². The van der Waals surface area contributed by atoms with Crippen molar-refractivity contribution < 1.29 is 23.4 Å². The van der Waals surface area contributed by atoms with Gasteiger partial charge in [0.1, 0.15) is 17.0 Å². The zero-order valence-electron chi connectivity index (χ0n) is 8.96. The number of rotatable bonds is 4. The molecule has 1 rings (SSSR count).